The van der Waals surface area contributed by atoms with Gasteiger partial charge in [-0.25, -0.2) is 0 Å². The maximum absolute atomic E-state index is 13.0. The van der Waals surface area contributed by atoms with Gasteiger partial charge < -0.3 is 19.3 Å². The molecule has 34 heavy (non-hydrogen) atoms. The minimum Gasteiger partial charge on any atom is -0.489 e. The summed E-state index contributed by atoms with van der Waals surface area (Å²) in [5.41, 5.74) is 2.70. The molecule has 0 aromatic heterocycles. The number of nitrogens with one attached hydrogen (secondary N) is 1. The molecule has 9 nitrogen and oxygen atoms in total. The van der Waals surface area contributed by atoms with E-state index in [2.05, 4.69) is 5.32 Å². The average Bonchev–Trinajstić information content (AvgIpc) is 3.17. The zero-order chi connectivity index (χ0) is 24.5. The van der Waals surface area contributed by atoms with Crippen molar-refractivity contribution in [2.75, 3.05) is 19.8 Å². The van der Waals surface area contributed by atoms with E-state index < -0.39 is 11.9 Å². The lowest BCUT2D eigenvalue weighted by atomic mass is 10.0. The molecule has 2 aromatic carbocycles. The van der Waals surface area contributed by atoms with Gasteiger partial charge in [-0.1, -0.05) is 30.3 Å². The third-order valence-corrected chi connectivity index (χ3v) is 6.32. The number of hydrogen-bond acceptors (Lipinski definition) is 6. The predicted octanol–water partition coefficient (Wildman–Crippen LogP) is 1.39. The molecule has 0 saturated carbocycles. The van der Waals surface area contributed by atoms with Gasteiger partial charge in [0.2, 0.25) is 17.7 Å². The van der Waals surface area contributed by atoms with Crippen molar-refractivity contribution in [2.45, 2.75) is 38.6 Å². The Bertz CT molecular complexity index is 1220. The molecule has 2 aromatic rings. The fraction of sp³-hybridized carbons (Fsp3) is 0.360. The van der Waals surface area contributed by atoms with E-state index in [4.69, 9.17) is 10.8 Å². The molecule has 1 atom stereocenters. The molecule has 0 radical (unpaired) electrons. The molecule has 3 aliphatic rings. The molecule has 176 valence electrons. The van der Waals surface area contributed by atoms with Crippen LogP contribution in [0.25, 0.3) is 0 Å². The second kappa shape index (κ2) is 9.26. The van der Waals surface area contributed by atoms with Gasteiger partial charge in [0, 0.05) is 30.6 Å². The van der Waals surface area contributed by atoms with Crippen LogP contribution in [0.15, 0.2) is 42.4 Å². The van der Waals surface area contributed by atoms with Crippen molar-refractivity contribution in [3.05, 3.63) is 64.7 Å². The summed E-state index contributed by atoms with van der Waals surface area (Å²) in [5.74, 6) is -0.582. The minimum atomic E-state index is -0.689. The standard InChI is InChI=1S/C25H25N3O6/c29-22-9-8-20(24(31)26-22)28-13-19-18(25(28)32)2-1-3-21(19)34-14-17-6-4-16(5-7-17)12-27-10-11-33-15-23(27)30/h1-7,20H,8-15H2,(H,26,29,31)/i6D. The van der Waals surface area contributed by atoms with Crippen LogP contribution in [0, 0.1) is 0 Å². The summed E-state index contributed by atoms with van der Waals surface area (Å²) in [6.45, 7) is 1.92. The number of carbonyl (C=O) groups excluding carboxylic acids is 4. The first kappa shape index (κ1) is 20.9. The average molecular weight is 464 g/mol. The molecule has 0 aliphatic carbocycles. The summed E-state index contributed by atoms with van der Waals surface area (Å²) in [5, 5.41) is 2.30. The van der Waals surface area contributed by atoms with Crippen LogP contribution in [0.1, 0.15) is 41.3 Å². The Morgan fingerprint density at radius 1 is 1.12 bits per heavy atom. The Morgan fingerprint density at radius 3 is 2.76 bits per heavy atom. The molecule has 9 heteroatoms. The molecule has 1 N–H and O–H groups in total. The van der Waals surface area contributed by atoms with Crippen LogP contribution in [0.5, 0.6) is 5.75 Å². The number of ether oxygens (including phenoxy) is 2. The monoisotopic (exact) mass is 464 g/mol. The summed E-state index contributed by atoms with van der Waals surface area (Å²) in [6.07, 6.45) is 0.493. The zero-order valence-corrected chi connectivity index (χ0v) is 18.5. The number of morpholine rings is 1. The quantitative estimate of drug-likeness (QED) is 0.648. The topological polar surface area (TPSA) is 105 Å². The fourth-order valence-corrected chi connectivity index (χ4v) is 4.46. The molecule has 4 amide bonds. The van der Waals surface area contributed by atoms with Crippen LogP contribution >= 0.6 is 0 Å². The number of benzene rings is 2. The van der Waals surface area contributed by atoms with Crippen molar-refractivity contribution in [1.29, 1.82) is 0 Å². The molecule has 0 bridgehead atoms. The first-order chi connectivity index (χ1) is 16.9. The van der Waals surface area contributed by atoms with E-state index in [1.807, 2.05) is 12.1 Å². The minimum absolute atomic E-state index is 0.0611. The van der Waals surface area contributed by atoms with Gasteiger partial charge in [-0.2, -0.15) is 0 Å². The first-order valence-corrected chi connectivity index (χ1v) is 11.2. The molecular formula is C25H25N3O6. The third-order valence-electron chi connectivity index (χ3n) is 6.32. The number of amides is 4. The van der Waals surface area contributed by atoms with Crippen molar-refractivity contribution in [2.24, 2.45) is 0 Å². The van der Waals surface area contributed by atoms with E-state index in [-0.39, 0.29) is 43.9 Å². The Hall–Kier alpha value is -3.72. The van der Waals surface area contributed by atoms with Gasteiger partial charge in [0.1, 0.15) is 25.0 Å². The molecule has 3 aliphatic heterocycles. The number of fused-ring (bicyclic) bond motifs is 1. The van der Waals surface area contributed by atoms with Crippen LogP contribution in [0.2, 0.25) is 0 Å². The lowest BCUT2D eigenvalue weighted by molar-refractivity contribution is -0.143. The van der Waals surface area contributed by atoms with Crippen molar-refractivity contribution in [3.8, 4) is 5.75 Å². The molecular weight excluding hydrogens is 438 g/mol. The molecule has 3 heterocycles. The summed E-state index contributed by atoms with van der Waals surface area (Å²) in [7, 11) is 0. The highest BCUT2D eigenvalue weighted by molar-refractivity contribution is 6.05. The number of carbonyl (C=O) groups is 4. The normalized spacial score (nSPS) is 20.8. The second-order valence-electron chi connectivity index (χ2n) is 8.56. The molecule has 5 rings (SSSR count). The Labute approximate surface area is 198 Å². The van der Waals surface area contributed by atoms with Gasteiger partial charge in [-0.3, -0.25) is 24.5 Å². The molecule has 2 saturated heterocycles. The van der Waals surface area contributed by atoms with Crippen molar-refractivity contribution in [1.82, 2.24) is 15.1 Å². The molecule has 0 spiro atoms. The second-order valence-corrected chi connectivity index (χ2v) is 8.56. The van der Waals surface area contributed by atoms with Crippen LogP contribution < -0.4 is 10.1 Å². The van der Waals surface area contributed by atoms with Crippen LogP contribution in [0.3, 0.4) is 0 Å². The van der Waals surface area contributed by atoms with Crippen LogP contribution in [-0.4, -0.2) is 59.2 Å². The van der Waals surface area contributed by atoms with E-state index in [9.17, 15) is 19.2 Å². The van der Waals surface area contributed by atoms with Gasteiger partial charge in [0.05, 0.1) is 14.5 Å². The van der Waals surface area contributed by atoms with Gasteiger partial charge >= 0.3 is 0 Å². The lowest BCUT2D eigenvalue weighted by Crippen LogP contribution is -2.52. The van der Waals surface area contributed by atoms with Gasteiger partial charge in [-0.05, 0) is 29.7 Å². The Morgan fingerprint density at radius 2 is 1.97 bits per heavy atom. The number of rotatable bonds is 6. The number of piperidine rings is 1. The third kappa shape index (κ3) is 4.38. The molecule has 2 fully saturated rings. The number of nitrogens with zero attached hydrogens (tertiary/aromatic N) is 2. The number of hydrogen-bond donors (Lipinski definition) is 1. The van der Waals surface area contributed by atoms with Crippen LogP contribution in [-0.2, 0) is 38.8 Å². The highest BCUT2D eigenvalue weighted by atomic mass is 16.5. The summed E-state index contributed by atoms with van der Waals surface area (Å²) < 4.78 is 19.6. The highest BCUT2D eigenvalue weighted by Gasteiger charge is 2.40. The van der Waals surface area contributed by atoms with Gasteiger partial charge in [-0.15, -0.1) is 0 Å². The van der Waals surface area contributed by atoms with Gasteiger partial charge in [0.15, 0.2) is 0 Å². The smallest absolute Gasteiger partial charge is 0.255 e. The fourth-order valence-electron chi connectivity index (χ4n) is 4.46. The van der Waals surface area contributed by atoms with Crippen molar-refractivity contribution >= 4 is 23.6 Å². The van der Waals surface area contributed by atoms with E-state index in [1.165, 1.54) is 4.90 Å². The summed E-state index contributed by atoms with van der Waals surface area (Å²) in [4.78, 5) is 51.9. The maximum Gasteiger partial charge on any atom is 0.255 e. The van der Waals surface area contributed by atoms with Gasteiger partial charge in [0.25, 0.3) is 5.91 Å². The van der Waals surface area contributed by atoms with Crippen molar-refractivity contribution < 1.29 is 30.0 Å². The lowest BCUT2D eigenvalue weighted by Gasteiger charge is -2.29. The largest absolute Gasteiger partial charge is 0.489 e. The van der Waals surface area contributed by atoms with E-state index in [0.717, 1.165) is 5.56 Å². The summed E-state index contributed by atoms with van der Waals surface area (Å²) in [6, 6.07) is 10.2. The van der Waals surface area contributed by atoms with Crippen molar-refractivity contribution in [3.63, 3.8) is 0 Å². The molecule has 1 unspecified atom stereocenters. The van der Waals surface area contributed by atoms with E-state index in [1.54, 1.807) is 29.2 Å². The highest BCUT2D eigenvalue weighted by Crippen LogP contribution is 2.34. The Balaban J connectivity index is 1.26. The number of imide groups is 1. The summed E-state index contributed by atoms with van der Waals surface area (Å²) >= 11 is 0. The first-order valence-electron chi connectivity index (χ1n) is 11.7. The maximum atomic E-state index is 13.0. The predicted molar refractivity (Wildman–Crippen MR) is 119 cm³/mol. The van der Waals surface area contributed by atoms with Crippen LogP contribution in [0.4, 0.5) is 0 Å². The Kier molecular flexibility index (Phi) is 5.68. The SMILES string of the molecule is [2H]c1cc(CN2CCOCC2=O)ccc1COc1cccc2c1CN(C1CCC(=O)NC1=O)C2=O. The zero-order valence-electron chi connectivity index (χ0n) is 19.5. The van der Waals surface area contributed by atoms with E-state index in [0.29, 0.717) is 54.6 Å². The van der Waals surface area contributed by atoms with E-state index >= 15 is 0 Å².